The summed E-state index contributed by atoms with van der Waals surface area (Å²) in [5.41, 5.74) is 3.45. The fourth-order valence-electron chi connectivity index (χ4n) is 3.33. The third-order valence-electron chi connectivity index (χ3n) is 5.10. The number of methoxy groups -OCH3 is 2. The molecule has 0 radical (unpaired) electrons. The van der Waals surface area contributed by atoms with Crippen LogP contribution in [0.15, 0.2) is 60.7 Å². The number of ether oxygens (including phenoxy) is 4. The molecule has 0 aliphatic carbocycles. The Morgan fingerprint density at radius 1 is 0.909 bits per heavy atom. The van der Waals surface area contributed by atoms with Crippen LogP contribution in [0.2, 0.25) is 5.02 Å². The number of hydrogen-bond acceptors (Lipinski definition) is 5. The van der Waals surface area contributed by atoms with Crippen LogP contribution < -0.4 is 14.2 Å². The Labute approximate surface area is 198 Å². The lowest BCUT2D eigenvalue weighted by molar-refractivity contribution is -0.136. The van der Waals surface area contributed by atoms with Gasteiger partial charge in [0.2, 0.25) is 0 Å². The van der Waals surface area contributed by atoms with Gasteiger partial charge in [-0.15, -0.1) is 0 Å². The molecule has 0 aliphatic heterocycles. The van der Waals surface area contributed by atoms with Crippen LogP contribution in [0.5, 0.6) is 17.2 Å². The number of aryl methyl sites for hydroxylation is 1. The summed E-state index contributed by atoms with van der Waals surface area (Å²) >= 11 is 6.00. The van der Waals surface area contributed by atoms with Gasteiger partial charge in [-0.3, -0.25) is 4.79 Å². The number of carboxylic acid groups (broad SMARTS) is 1. The number of benzene rings is 3. The summed E-state index contributed by atoms with van der Waals surface area (Å²) in [4.78, 5) is 11.0. The quantitative estimate of drug-likeness (QED) is 0.403. The smallest absolute Gasteiger partial charge is 0.307 e. The van der Waals surface area contributed by atoms with Gasteiger partial charge in [0, 0.05) is 12.1 Å². The van der Waals surface area contributed by atoms with Gasteiger partial charge in [0.15, 0.2) is 11.5 Å². The maximum atomic E-state index is 11.0. The fourth-order valence-corrected chi connectivity index (χ4v) is 3.56. The third kappa shape index (κ3) is 6.88. The summed E-state index contributed by atoms with van der Waals surface area (Å²) in [6, 6.07) is 18.5. The Bertz CT molecular complexity index is 1100. The Morgan fingerprint density at radius 3 is 2.27 bits per heavy atom. The highest BCUT2D eigenvalue weighted by Gasteiger charge is 2.14. The van der Waals surface area contributed by atoms with Crippen LogP contribution in [-0.2, 0) is 16.0 Å². The molecule has 3 rings (SSSR count). The zero-order chi connectivity index (χ0) is 23.8. The largest absolute Gasteiger partial charge is 0.493 e. The van der Waals surface area contributed by atoms with Crippen molar-refractivity contribution >= 4 is 17.6 Å². The van der Waals surface area contributed by atoms with Gasteiger partial charge in [-0.2, -0.15) is 0 Å². The molecule has 3 aromatic carbocycles. The Balaban J connectivity index is 1.70. The number of rotatable bonds is 11. The van der Waals surface area contributed by atoms with Crippen LogP contribution in [0.1, 0.15) is 11.1 Å². The normalized spacial score (nSPS) is 11.6. The minimum Gasteiger partial charge on any atom is -0.493 e. The van der Waals surface area contributed by atoms with Crippen LogP contribution in [-0.4, -0.2) is 44.6 Å². The Hall–Kier alpha value is -3.22. The van der Waals surface area contributed by atoms with Crippen molar-refractivity contribution in [1.82, 2.24) is 0 Å². The average molecular weight is 471 g/mol. The zero-order valence-corrected chi connectivity index (χ0v) is 19.6. The lowest BCUT2D eigenvalue weighted by Crippen LogP contribution is -2.27. The van der Waals surface area contributed by atoms with Crippen molar-refractivity contribution in [1.29, 1.82) is 0 Å². The lowest BCUT2D eigenvalue weighted by Gasteiger charge is -2.19. The number of hydrogen-bond donors (Lipinski definition) is 1. The van der Waals surface area contributed by atoms with E-state index in [1.165, 1.54) is 0 Å². The SMILES string of the molecule is COc1ccc(-c2cccc(CC(=O)O)c2)cc1OCC(COc1ccc(Cl)cc1C)OC. The van der Waals surface area contributed by atoms with Crippen molar-refractivity contribution in [3.63, 3.8) is 0 Å². The van der Waals surface area contributed by atoms with Gasteiger partial charge in [-0.1, -0.05) is 41.9 Å². The molecule has 0 bridgehead atoms. The molecule has 0 aromatic heterocycles. The average Bonchev–Trinajstić information content (AvgIpc) is 2.80. The second kappa shape index (κ2) is 11.6. The molecular weight excluding hydrogens is 444 g/mol. The van der Waals surface area contributed by atoms with E-state index in [0.29, 0.717) is 23.1 Å². The predicted molar refractivity (Wildman–Crippen MR) is 128 cm³/mol. The van der Waals surface area contributed by atoms with Gasteiger partial charge >= 0.3 is 5.97 Å². The molecule has 1 unspecified atom stereocenters. The highest BCUT2D eigenvalue weighted by Crippen LogP contribution is 2.33. The summed E-state index contributed by atoms with van der Waals surface area (Å²) in [5, 5.41) is 9.72. The van der Waals surface area contributed by atoms with Crippen molar-refractivity contribution in [2.24, 2.45) is 0 Å². The number of aliphatic carboxylic acids is 1. The summed E-state index contributed by atoms with van der Waals surface area (Å²) in [6.07, 6.45) is -0.344. The molecule has 6 nitrogen and oxygen atoms in total. The lowest BCUT2D eigenvalue weighted by atomic mass is 10.0. The molecule has 0 heterocycles. The van der Waals surface area contributed by atoms with E-state index in [2.05, 4.69) is 0 Å². The molecule has 3 aromatic rings. The van der Waals surface area contributed by atoms with E-state index in [1.54, 1.807) is 26.4 Å². The molecule has 0 saturated heterocycles. The van der Waals surface area contributed by atoms with E-state index in [-0.39, 0.29) is 19.1 Å². The molecule has 7 heteroatoms. The molecule has 0 spiro atoms. The summed E-state index contributed by atoms with van der Waals surface area (Å²) in [5.74, 6) is 1.02. The van der Waals surface area contributed by atoms with E-state index in [4.69, 9.17) is 35.7 Å². The number of carbonyl (C=O) groups is 1. The molecule has 0 saturated carbocycles. The number of carboxylic acids is 1. The maximum absolute atomic E-state index is 11.0. The van der Waals surface area contributed by atoms with Crippen molar-refractivity contribution in [3.05, 3.63) is 76.8 Å². The van der Waals surface area contributed by atoms with Crippen molar-refractivity contribution < 1.29 is 28.8 Å². The van der Waals surface area contributed by atoms with Gasteiger partial charge in [0.05, 0.1) is 13.5 Å². The van der Waals surface area contributed by atoms with E-state index in [0.717, 1.165) is 28.0 Å². The molecule has 1 N–H and O–H groups in total. The Morgan fingerprint density at radius 2 is 1.61 bits per heavy atom. The first-order valence-corrected chi connectivity index (χ1v) is 10.8. The molecule has 0 fully saturated rings. The minimum absolute atomic E-state index is 0.0318. The molecule has 1 atom stereocenters. The minimum atomic E-state index is -0.868. The van der Waals surface area contributed by atoms with Crippen LogP contribution in [0.3, 0.4) is 0 Å². The molecule has 0 amide bonds. The maximum Gasteiger partial charge on any atom is 0.307 e. The fraction of sp³-hybridized carbons (Fsp3) is 0.269. The van der Waals surface area contributed by atoms with E-state index in [9.17, 15) is 4.79 Å². The summed E-state index contributed by atoms with van der Waals surface area (Å²) in [6.45, 7) is 2.49. The van der Waals surface area contributed by atoms with Crippen molar-refractivity contribution in [2.45, 2.75) is 19.4 Å². The molecule has 33 heavy (non-hydrogen) atoms. The van der Waals surface area contributed by atoms with Gasteiger partial charge in [0.25, 0.3) is 0 Å². The second-order valence-electron chi connectivity index (χ2n) is 7.53. The van der Waals surface area contributed by atoms with E-state index >= 15 is 0 Å². The van der Waals surface area contributed by atoms with E-state index < -0.39 is 5.97 Å². The second-order valence-corrected chi connectivity index (χ2v) is 7.96. The first-order chi connectivity index (χ1) is 15.9. The third-order valence-corrected chi connectivity index (χ3v) is 5.33. The summed E-state index contributed by atoms with van der Waals surface area (Å²) < 4.78 is 22.9. The van der Waals surface area contributed by atoms with Crippen LogP contribution in [0.4, 0.5) is 0 Å². The Kier molecular flexibility index (Phi) is 8.58. The first-order valence-electron chi connectivity index (χ1n) is 10.4. The molecular formula is C26H27ClO6. The van der Waals surface area contributed by atoms with Crippen molar-refractivity contribution in [3.8, 4) is 28.4 Å². The standard InChI is InChI=1S/C26H27ClO6/c1-17-11-21(27)8-10-23(17)32-15-22(30-2)16-33-25-14-20(7-9-24(25)31-3)19-6-4-5-18(12-19)13-26(28)29/h4-12,14,22H,13,15-16H2,1-3H3,(H,28,29). The number of halogens is 1. The van der Waals surface area contributed by atoms with E-state index in [1.807, 2.05) is 55.5 Å². The predicted octanol–water partition coefficient (Wildman–Crippen LogP) is 5.42. The first kappa shape index (κ1) is 24.4. The van der Waals surface area contributed by atoms with Crippen molar-refractivity contribution in [2.75, 3.05) is 27.4 Å². The molecule has 174 valence electrons. The van der Waals surface area contributed by atoms with Crippen LogP contribution in [0, 0.1) is 6.92 Å². The van der Waals surface area contributed by atoms with Crippen LogP contribution >= 0.6 is 11.6 Å². The van der Waals surface area contributed by atoms with Gasteiger partial charge in [0.1, 0.15) is 25.1 Å². The highest BCUT2D eigenvalue weighted by molar-refractivity contribution is 6.30. The van der Waals surface area contributed by atoms with Crippen LogP contribution in [0.25, 0.3) is 11.1 Å². The highest BCUT2D eigenvalue weighted by atomic mass is 35.5. The zero-order valence-electron chi connectivity index (χ0n) is 18.8. The van der Waals surface area contributed by atoms with Gasteiger partial charge < -0.3 is 24.1 Å². The van der Waals surface area contributed by atoms with Gasteiger partial charge in [-0.05, 0) is 59.5 Å². The van der Waals surface area contributed by atoms with Gasteiger partial charge in [-0.25, -0.2) is 0 Å². The monoisotopic (exact) mass is 470 g/mol. The molecule has 0 aliphatic rings. The topological polar surface area (TPSA) is 74.2 Å². The summed E-state index contributed by atoms with van der Waals surface area (Å²) in [7, 11) is 3.18.